The smallest absolute Gasteiger partial charge is 0.332 e. The van der Waals surface area contributed by atoms with E-state index < -0.39 is 0 Å². The molecular formula is C13H20N2O2. The maximum absolute atomic E-state index is 8.12. The second-order valence-electron chi connectivity index (χ2n) is 4.76. The van der Waals surface area contributed by atoms with Crippen molar-refractivity contribution in [2.45, 2.75) is 46.6 Å². The summed E-state index contributed by atoms with van der Waals surface area (Å²) in [6.07, 6.45) is 5.93. The van der Waals surface area contributed by atoms with Crippen molar-refractivity contribution >= 4 is 6.15 Å². The Morgan fingerprint density at radius 2 is 2.18 bits per heavy atom. The molecule has 1 atom stereocenters. The molecule has 0 saturated heterocycles. The van der Waals surface area contributed by atoms with Crippen LogP contribution in [-0.2, 0) is 29.0 Å². The van der Waals surface area contributed by atoms with E-state index in [4.69, 9.17) is 9.59 Å². The first-order chi connectivity index (χ1) is 8.13. The van der Waals surface area contributed by atoms with Crippen molar-refractivity contribution in [3.8, 4) is 0 Å². The normalized spacial score (nSPS) is 18.0. The van der Waals surface area contributed by atoms with Crippen LogP contribution >= 0.6 is 0 Å². The van der Waals surface area contributed by atoms with Crippen LogP contribution in [0.4, 0.5) is 0 Å². The fourth-order valence-electron chi connectivity index (χ4n) is 2.36. The van der Waals surface area contributed by atoms with Crippen LogP contribution in [0.3, 0.4) is 0 Å². The Balaban J connectivity index is 0.000000437. The van der Waals surface area contributed by atoms with E-state index in [0.717, 1.165) is 18.3 Å². The second kappa shape index (κ2) is 6.36. The van der Waals surface area contributed by atoms with Crippen molar-refractivity contribution in [3.63, 3.8) is 0 Å². The number of aryl methyl sites for hydroxylation is 2. The predicted molar refractivity (Wildman–Crippen MR) is 63.3 cm³/mol. The van der Waals surface area contributed by atoms with Gasteiger partial charge < -0.3 is 4.57 Å². The summed E-state index contributed by atoms with van der Waals surface area (Å²) < 4.78 is 2.44. The molecule has 0 fully saturated rings. The van der Waals surface area contributed by atoms with Crippen molar-refractivity contribution < 1.29 is 9.59 Å². The van der Waals surface area contributed by atoms with Gasteiger partial charge in [0.2, 0.25) is 0 Å². The lowest BCUT2D eigenvalue weighted by Gasteiger charge is -2.28. The summed E-state index contributed by atoms with van der Waals surface area (Å²) in [6.45, 7) is 8.04. The van der Waals surface area contributed by atoms with Gasteiger partial charge in [-0.1, -0.05) is 20.8 Å². The minimum Gasteiger partial charge on any atom is -0.332 e. The first-order valence-electron chi connectivity index (χ1n) is 6.16. The zero-order chi connectivity index (χ0) is 12.8. The van der Waals surface area contributed by atoms with Crippen LogP contribution in [0.1, 0.15) is 38.7 Å². The van der Waals surface area contributed by atoms with Crippen LogP contribution in [0.2, 0.25) is 0 Å². The maximum atomic E-state index is 8.12. The first-order valence-corrected chi connectivity index (χ1v) is 6.16. The Labute approximate surface area is 102 Å². The van der Waals surface area contributed by atoms with E-state index in [9.17, 15) is 0 Å². The number of hydrogen-bond donors (Lipinski definition) is 0. The van der Waals surface area contributed by atoms with Gasteiger partial charge in [-0.15, -0.1) is 0 Å². The van der Waals surface area contributed by atoms with E-state index in [1.54, 1.807) is 0 Å². The second-order valence-corrected chi connectivity index (χ2v) is 4.76. The minimum atomic E-state index is 0.250. The van der Waals surface area contributed by atoms with Crippen LogP contribution in [0, 0.1) is 11.8 Å². The average molecular weight is 236 g/mol. The highest BCUT2D eigenvalue weighted by molar-refractivity contribution is 5.20. The van der Waals surface area contributed by atoms with E-state index in [1.807, 2.05) is 0 Å². The molecule has 0 aromatic carbocycles. The highest BCUT2D eigenvalue weighted by Crippen LogP contribution is 2.26. The number of aromatic nitrogens is 2. The number of hydrogen-bond acceptors (Lipinski definition) is 3. The van der Waals surface area contributed by atoms with Crippen LogP contribution in [-0.4, -0.2) is 15.7 Å². The van der Waals surface area contributed by atoms with E-state index in [2.05, 4.69) is 36.5 Å². The summed E-state index contributed by atoms with van der Waals surface area (Å²) in [5, 5.41) is 0. The third-order valence-electron chi connectivity index (χ3n) is 3.47. The fourth-order valence-corrected chi connectivity index (χ4v) is 2.36. The first kappa shape index (κ1) is 13.7. The molecule has 4 nitrogen and oxygen atoms in total. The molecule has 0 N–H and O–H groups in total. The van der Waals surface area contributed by atoms with Gasteiger partial charge >= 0.3 is 6.15 Å². The molecule has 0 spiro atoms. The molecule has 0 saturated carbocycles. The summed E-state index contributed by atoms with van der Waals surface area (Å²) in [4.78, 5) is 20.7. The molecule has 1 aliphatic rings. The van der Waals surface area contributed by atoms with E-state index in [1.165, 1.54) is 30.9 Å². The van der Waals surface area contributed by atoms with Crippen LogP contribution in [0.5, 0.6) is 0 Å². The topological polar surface area (TPSA) is 52.0 Å². The van der Waals surface area contributed by atoms with Gasteiger partial charge in [0.1, 0.15) is 5.82 Å². The number of fused-ring (bicyclic) bond motifs is 1. The Morgan fingerprint density at radius 1 is 1.53 bits per heavy atom. The molecule has 0 aliphatic carbocycles. The Morgan fingerprint density at radius 3 is 2.71 bits per heavy atom. The lowest BCUT2D eigenvalue weighted by molar-refractivity contribution is -0.191. The summed E-state index contributed by atoms with van der Waals surface area (Å²) >= 11 is 0. The molecule has 0 bridgehead atoms. The van der Waals surface area contributed by atoms with Gasteiger partial charge in [0.15, 0.2) is 0 Å². The average Bonchev–Trinajstić information content (AvgIpc) is 2.71. The third-order valence-corrected chi connectivity index (χ3v) is 3.47. The maximum Gasteiger partial charge on any atom is 0.373 e. The molecule has 0 radical (unpaired) electrons. The Hall–Kier alpha value is -1.41. The number of rotatable bonds is 2. The SMILES string of the molecule is CCc1ncc2n1CC(C(C)C)CC2.O=C=O. The van der Waals surface area contributed by atoms with E-state index >= 15 is 0 Å². The molecule has 0 amide bonds. The van der Waals surface area contributed by atoms with Crippen LogP contribution in [0.15, 0.2) is 6.20 Å². The Kier molecular flexibility index (Phi) is 5.11. The molecule has 94 valence electrons. The van der Waals surface area contributed by atoms with Gasteiger partial charge in [0, 0.05) is 24.9 Å². The molecule has 1 aliphatic heterocycles. The number of carbonyl (C=O) groups excluding carboxylic acids is 2. The van der Waals surface area contributed by atoms with Crippen molar-refractivity contribution in [1.82, 2.24) is 9.55 Å². The molecule has 17 heavy (non-hydrogen) atoms. The summed E-state index contributed by atoms with van der Waals surface area (Å²) in [5.41, 5.74) is 1.44. The minimum absolute atomic E-state index is 0.250. The predicted octanol–water partition coefficient (Wildman–Crippen LogP) is 2.08. The summed E-state index contributed by atoms with van der Waals surface area (Å²) in [6, 6.07) is 0. The third kappa shape index (κ3) is 3.27. The zero-order valence-electron chi connectivity index (χ0n) is 10.8. The number of imidazole rings is 1. The van der Waals surface area contributed by atoms with Gasteiger partial charge in [-0.2, -0.15) is 9.59 Å². The molecule has 1 aromatic heterocycles. The van der Waals surface area contributed by atoms with E-state index in [-0.39, 0.29) is 6.15 Å². The summed E-state index contributed by atoms with van der Waals surface area (Å²) in [5.74, 6) is 2.92. The van der Waals surface area contributed by atoms with Crippen LogP contribution in [0.25, 0.3) is 0 Å². The van der Waals surface area contributed by atoms with E-state index in [0.29, 0.717) is 0 Å². The zero-order valence-corrected chi connectivity index (χ0v) is 10.8. The molecule has 4 heteroatoms. The molecule has 2 rings (SSSR count). The quantitative estimate of drug-likeness (QED) is 0.790. The lowest BCUT2D eigenvalue weighted by atomic mass is 9.88. The standard InChI is InChI=1S/C12H20N2.CO2/c1-4-12-13-7-11-6-5-10(9(2)3)8-14(11)12;2-1-3/h7,9-10H,4-6,8H2,1-3H3;. The molecular weight excluding hydrogens is 216 g/mol. The lowest BCUT2D eigenvalue weighted by Crippen LogP contribution is -2.24. The molecule has 1 unspecified atom stereocenters. The largest absolute Gasteiger partial charge is 0.373 e. The summed E-state index contributed by atoms with van der Waals surface area (Å²) in [7, 11) is 0. The molecule has 1 aromatic rings. The van der Waals surface area contributed by atoms with Gasteiger partial charge in [-0.05, 0) is 24.7 Å². The Bertz CT molecular complexity index is 377. The van der Waals surface area contributed by atoms with Crippen molar-refractivity contribution in [2.75, 3.05) is 0 Å². The van der Waals surface area contributed by atoms with Crippen LogP contribution < -0.4 is 0 Å². The highest BCUT2D eigenvalue weighted by atomic mass is 16.2. The highest BCUT2D eigenvalue weighted by Gasteiger charge is 2.22. The van der Waals surface area contributed by atoms with Crippen molar-refractivity contribution in [1.29, 1.82) is 0 Å². The van der Waals surface area contributed by atoms with Crippen molar-refractivity contribution in [2.24, 2.45) is 11.8 Å². The van der Waals surface area contributed by atoms with Gasteiger partial charge in [0.25, 0.3) is 0 Å². The van der Waals surface area contributed by atoms with Gasteiger partial charge in [-0.25, -0.2) is 4.98 Å². The molecule has 2 heterocycles. The van der Waals surface area contributed by atoms with Gasteiger partial charge in [0.05, 0.1) is 0 Å². The monoisotopic (exact) mass is 236 g/mol. The fraction of sp³-hybridized carbons (Fsp3) is 0.692. The number of nitrogens with zero attached hydrogens (tertiary/aromatic N) is 2. The van der Waals surface area contributed by atoms with Crippen molar-refractivity contribution in [3.05, 3.63) is 17.7 Å². The van der Waals surface area contributed by atoms with Gasteiger partial charge in [-0.3, -0.25) is 0 Å².